The van der Waals surface area contributed by atoms with E-state index in [-0.39, 0.29) is 0 Å². The molecule has 0 bridgehead atoms. The largest absolute Gasteiger partial charge is 0.308 e. The van der Waals surface area contributed by atoms with Gasteiger partial charge in [0.1, 0.15) is 4.60 Å². The average Bonchev–Trinajstić information content (AvgIpc) is 2.36. The molecule has 0 radical (unpaired) electrons. The molecule has 1 N–H and O–H groups in total. The zero-order valence-electron chi connectivity index (χ0n) is 12.2. The van der Waals surface area contributed by atoms with Gasteiger partial charge in [0.05, 0.1) is 5.69 Å². The lowest BCUT2D eigenvalue weighted by molar-refractivity contribution is 0.169. The Morgan fingerprint density at radius 1 is 1.37 bits per heavy atom. The van der Waals surface area contributed by atoms with E-state index in [1.54, 1.807) is 0 Å². The monoisotopic (exact) mass is 324 g/mol. The molecule has 1 aromatic rings. The first kappa shape index (κ1) is 15.0. The molecule has 2 rings (SSSR count). The molecule has 1 heterocycles. The highest BCUT2D eigenvalue weighted by molar-refractivity contribution is 9.10. The van der Waals surface area contributed by atoms with Crippen LogP contribution in [0.2, 0.25) is 0 Å². The third-order valence-electron chi connectivity index (χ3n) is 4.34. The SMILES string of the molecule is CC1CCC(C(C)C)C(NCc2cccc(Br)n2)C1. The fourth-order valence-corrected chi connectivity index (χ4v) is 3.60. The summed E-state index contributed by atoms with van der Waals surface area (Å²) in [6.07, 6.45) is 4.05. The topological polar surface area (TPSA) is 24.9 Å². The van der Waals surface area contributed by atoms with Crippen molar-refractivity contribution in [3.63, 3.8) is 0 Å². The first-order chi connectivity index (χ1) is 9.06. The lowest BCUT2D eigenvalue weighted by atomic mass is 9.74. The van der Waals surface area contributed by atoms with Crippen molar-refractivity contribution in [1.82, 2.24) is 10.3 Å². The van der Waals surface area contributed by atoms with E-state index in [4.69, 9.17) is 0 Å². The van der Waals surface area contributed by atoms with E-state index in [0.29, 0.717) is 6.04 Å². The smallest absolute Gasteiger partial charge is 0.106 e. The van der Waals surface area contributed by atoms with Crippen LogP contribution in [0, 0.1) is 17.8 Å². The number of rotatable bonds is 4. The van der Waals surface area contributed by atoms with Gasteiger partial charge in [0.2, 0.25) is 0 Å². The molecule has 3 heteroatoms. The van der Waals surface area contributed by atoms with Crippen LogP contribution in [-0.2, 0) is 6.54 Å². The summed E-state index contributed by atoms with van der Waals surface area (Å²) in [6.45, 7) is 7.96. The molecular weight excluding hydrogens is 300 g/mol. The third-order valence-corrected chi connectivity index (χ3v) is 4.78. The summed E-state index contributed by atoms with van der Waals surface area (Å²) in [5.74, 6) is 2.42. The van der Waals surface area contributed by atoms with E-state index < -0.39 is 0 Å². The predicted molar refractivity (Wildman–Crippen MR) is 83.9 cm³/mol. The Morgan fingerprint density at radius 2 is 2.16 bits per heavy atom. The number of pyridine rings is 1. The van der Waals surface area contributed by atoms with Gasteiger partial charge in [0.15, 0.2) is 0 Å². The van der Waals surface area contributed by atoms with Gasteiger partial charge in [-0.1, -0.05) is 33.3 Å². The van der Waals surface area contributed by atoms with E-state index in [0.717, 1.165) is 34.6 Å². The van der Waals surface area contributed by atoms with Crippen molar-refractivity contribution >= 4 is 15.9 Å². The van der Waals surface area contributed by atoms with Crippen molar-refractivity contribution in [1.29, 1.82) is 0 Å². The Morgan fingerprint density at radius 3 is 2.84 bits per heavy atom. The first-order valence-corrected chi connectivity index (χ1v) is 8.20. The second kappa shape index (κ2) is 6.85. The van der Waals surface area contributed by atoms with Gasteiger partial charge in [-0.2, -0.15) is 0 Å². The second-order valence-corrected chi connectivity index (χ2v) is 7.08. The maximum Gasteiger partial charge on any atom is 0.106 e. The Bertz CT molecular complexity index is 405. The van der Waals surface area contributed by atoms with Crippen LogP contribution in [0.1, 0.15) is 45.7 Å². The zero-order valence-corrected chi connectivity index (χ0v) is 13.8. The highest BCUT2D eigenvalue weighted by atomic mass is 79.9. The van der Waals surface area contributed by atoms with Crippen LogP contribution >= 0.6 is 15.9 Å². The minimum atomic E-state index is 0.643. The van der Waals surface area contributed by atoms with Gasteiger partial charge in [0.25, 0.3) is 0 Å². The van der Waals surface area contributed by atoms with E-state index in [9.17, 15) is 0 Å². The average molecular weight is 325 g/mol. The molecule has 0 aliphatic heterocycles. The molecule has 1 aliphatic rings. The quantitative estimate of drug-likeness (QED) is 0.830. The maximum atomic E-state index is 4.50. The maximum absolute atomic E-state index is 4.50. The molecule has 2 nitrogen and oxygen atoms in total. The lowest BCUT2D eigenvalue weighted by Crippen LogP contribution is -2.42. The predicted octanol–water partition coefficient (Wildman–Crippen LogP) is 4.39. The van der Waals surface area contributed by atoms with Gasteiger partial charge < -0.3 is 5.32 Å². The van der Waals surface area contributed by atoms with Crippen molar-refractivity contribution in [2.24, 2.45) is 17.8 Å². The Labute approximate surface area is 125 Å². The second-order valence-electron chi connectivity index (χ2n) is 6.27. The molecule has 3 atom stereocenters. The fourth-order valence-electron chi connectivity index (χ4n) is 3.22. The van der Waals surface area contributed by atoms with Crippen molar-refractivity contribution in [3.8, 4) is 0 Å². The lowest BCUT2D eigenvalue weighted by Gasteiger charge is -2.38. The van der Waals surface area contributed by atoms with Gasteiger partial charge in [0, 0.05) is 12.6 Å². The molecule has 1 saturated carbocycles. The summed E-state index contributed by atoms with van der Waals surface area (Å²) in [5, 5.41) is 3.74. The number of hydrogen-bond donors (Lipinski definition) is 1. The number of nitrogens with zero attached hydrogens (tertiary/aromatic N) is 1. The molecule has 0 amide bonds. The normalized spacial score (nSPS) is 27.7. The highest BCUT2D eigenvalue weighted by Crippen LogP contribution is 2.33. The fraction of sp³-hybridized carbons (Fsp3) is 0.688. The standard InChI is InChI=1S/C16H25BrN2/c1-11(2)14-8-7-12(3)9-15(14)18-10-13-5-4-6-16(17)19-13/h4-6,11-12,14-15,18H,7-10H2,1-3H3. The molecule has 19 heavy (non-hydrogen) atoms. The minimum Gasteiger partial charge on any atom is -0.308 e. The van der Waals surface area contributed by atoms with Crippen LogP contribution in [0.5, 0.6) is 0 Å². The molecule has 1 fully saturated rings. The number of nitrogens with one attached hydrogen (secondary N) is 1. The number of aromatic nitrogens is 1. The van der Waals surface area contributed by atoms with Crippen molar-refractivity contribution in [2.45, 2.75) is 52.6 Å². The first-order valence-electron chi connectivity index (χ1n) is 7.41. The van der Waals surface area contributed by atoms with Crippen LogP contribution in [0.4, 0.5) is 0 Å². The Balaban J connectivity index is 1.95. The summed E-state index contributed by atoms with van der Waals surface area (Å²) in [4.78, 5) is 4.50. The minimum absolute atomic E-state index is 0.643. The van der Waals surface area contributed by atoms with Crippen LogP contribution < -0.4 is 5.32 Å². The van der Waals surface area contributed by atoms with E-state index in [1.807, 2.05) is 6.07 Å². The molecule has 0 aromatic carbocycles. The van der Waals surface area contributed by atoms with Gasteiger partial charge in [-0.15, -0.1) is 0 Å². The zero-order chi connectivity index (χ0) is 13.8. The van der Waals surface area contributed by atoms with Crippen LogP contribution in [0.25, 0.3) is 0 Å². The Kier molecular flexibility index (Phi) is 5.40. The molecule has 0 saturated heterocycles. The number of halogens is 1. The van der Waals surface area contributed by atoms with E-state index in [1.165, 1.54) is 19.3 Å². The summed E-state index contributed by atoms with van der Waals surface area (Å²) in [7, 11) is 0. The number of hydrogen-bond acceptors (Lipinski definition) is 2. The molecule has 3 unspecified atom stereocenters. The van der Waals surface area contributed by atoms with E-state index >= 15 is 0 Å². The molecule has 0 spiro atoms. The van der Waals surface area contributed by atoms with E-state index in [2.05, 4.69) is 59.1 Å². The Hall–Kier alpha value is -0.410. The molecule has 1 aliphatic carbocycles. The van der Waals surface area contributed by atoms with Gasteiger partial charge >= 0.3 is 0 Å². The summed E-state index contributed by atoms with van der Waals surface area (Å²) in [5.41, 5.74) is 1.12. The third kappa shape index (κ3) is 4.28. The van der Waals surface area contributed by atoms with Gasteiger partial charge in [-0.05, 0) is 58.7 Å². The van der Waals surface area contributed by atoms with Crippen molar-refractivity contribution in [3.05, 3.63) is 28.5 Å². The molecule has 106 valence electrons. The van der Waals surface area contributed by atoms with Gasteiger partial charge in [-0.3, -0.25) is 0 Å². The van der Waals surface area contributed by atoms with Crippen LogP contribution in [0.3, 0.4) is 0 Å². The summed E-state index contributed by atoms with van der Waals surface area (Å²) >= 11 is 3.43. The van der Waals surface area contributed by atoms with Crippen molar-refractivity contribution in [2.75, 3.05) is 0 Å². The highest BCUT2D eigenvalue weighted by Gasteiger charge is 2.30. The summed E-state index contributed by atoms with van der Waals surface area (Å²) < 4.78 is 0.921. The molecule has 1 aromatic heterocycles. The summed E-state index contributed by atoms with van der Waals surface area (Å²) in [6, 6.07) is 6.76. The molecular formula is C16H25BrN2. The van der Waals surface area contributed by atoms with Crippen molar-refractivity contribution < 1.29 is 0 Å². The van der Waals surface area contributed by atoms with Gasteiger partial charge in [-0.25, -0.2) is 4.98 Å². The van der Waals surface area contributed by atoms with Crippen LogP contribution in [0.15, 0.2) is 22.8 Å². The van der Waals surface area contributed by atoms with Crippen LogP contribution in [-0.4, -0.2) is 11.0 Å².